The molecule has 1 rings (SSSR count). The van der Waals surface area contributed by atoms with Crippen LogP contribution in [0.5, 0.6) is 0 Å². The molecular weight excluding hydrogens is 166 g/mol. The summed E-state index contributed by atoms with van der Waals surface area (Å²) in [6, 6.07) is 0.508. The van der Waals surface area contributed by atoms with Gasteiger partial charge in [-0.2, -0.15) is 0 Å². The van der Waals surface area contributed by atoms with E-state index >= 15 is 0 Å². The second-order valence-corrected chi connectivity index (χ2v) is 3.77. The summed E-state index contributed by atoms with van der Waals surface area (Å²) >= 11 is 0. The van der Waals surface area contributed by atoms with Crippen molar-refractivity contribution < 1.29 is 9.53 Å². The van der Waals surface area contributed by atoms with Gasteiger partial charge in [-0.05, 0) is 33.6 Å². The molecule has 76 valence electrons. The van der Waals surface area contributed by atoms with Crippen molar-refractivity contribution in [2.45, 2.75) is 45.8 Å². The second-order valence-electron chi connectivity index (χ2n) is 3.77. The molecule has 0 spiro atoms. The van der Waals surface area contributed by atoms with Crippen LogP contribution in [-0.4, -0.2) is 36.1 Å². The maximum Gasteiger partial charge on any atom is 0.248 e. The number of likely N-dealkylation sites (N-methyl/N-ethyl adjacent to an activating group) is 1. The Labute approximate surface area is 80.1 Å². The summed E-state index contributed by atoms with van der Waals surface area (Å²) in [6.07, 6.45) is 2.48. The van der Waals surface area contributed by atoms with Crippen LogP contribution >= 0.6 is 0 Å². The van der Waals surface area contributed by atoms with Crippen molar-refractivity contribution in [1.82, 2.24) is 4.90 Å². The molecule has 1 fully saturated rings. The van der Waals surface area contributed by atoms with Crippen LogP contribution in [0, 0.1) is 0 Å². The third-order valence-electron chi connectivity index (χ3n) is 2.19. The zero-order chi connectivity index (χ0) is 9.84. The van der Waals surface area contributed by atoms with E-state index in [-0.39, 0.29) is 18.6 Å². The Morgan fingerprint density at radius 3 is 2.54 bits per heavy atom. The lowest BCUT2D eigenvalue weighted by atomic mass is 10.4. The van der Waals surface area contributed by atoms with E-state index in [4.69, 9.17) is 4.74 Å². The van der Waals surface area contributed by atoms with E-state index in [2.05, 4.69) is 0 Å². The number of carbonyl (C=O) groups is 1. The maximum absolute atomic E-state index is 11.6. The van der Waals surface area contributed by atoms with Gasteiger partial charge in [-0.3, -0.25) is 4.79 Å². The first kappa shape index (κ1) is 10.5. The van der Waals surface area contributed by atoms with Crippen molar-refractivity contribution in [2.75, 3.05) is 13.2 Å². The van der Waals surface area contributed by atoms with Crippen molar-refractivity contribution in [3.8, 4) is 0 Å². The Kier molecular flexibility index (Phi) is 3.72. The summed E-state index contributed by atoms with van der Waals surface area (Å²) in [5, 5.41) is 0. The van der Waals surface area contributed by atoms with Crippen molar-refractivity contribution in [3.63, 3.8) is 0 Å². The van der Waals surface area contributed by atoms with Gasteiger partial charge in [-0.1, -0.05) is 0 Å². The molecule has 13 heavy (non-hydrogen) atoms. The first-order chi connectivity index (χ1) is 6.15. The highest BCUT2D eigenvalue weighted by Crippen LogP contribution is 2.26. The fourth-order valence-electron chi connectivity index (χ4n) is 1.35. The Balaban J connectivity index is 2.27. The highest BCUT2D eigenvalue weighted by Gasteiger charge is 2.31. The van der Waals surface area contributed by atoms with E-state index in [1.807, 2.05) is 25.7 Å². The molecule has 0 heterocycles. The van der Waals surface area contributed by atoms with E-state index < -0.39 is 0 Å². The summed E-state index contributed by atoms with van der Waals surface area (Å²) in [4.78, 5) is 13.5. The van der Waals surface area contributed by atoms with Crippen LogP contribution in [0.3, 0.4) is 0 Å². The minimum absolute atomic E-state index is 0.138. The fourth-order valence-corrected chi connectivity index (χ4v) is 1.35. The van der Waals surface area contributed by atoms with Crippen molar-refractivity contribution in [3.05, 3.63) is 0 Å². The first-order valence-corrected chi connectivity index (χ1v) is 5.06. The van der Waals surface area contributed by atoms with Gasteiger partial charge in [0, 0.05) is 12.6 Å². The molecule has 0 aromatic heterocycles. The van der Waals surface area contributed by atoms with Gasteiger partial charge in [0.15, 0.2) is 0 Å². The summed E-state index contributed by atoms with van der Waals surface area (Å²) in [6.45, 7) is 6.96. The molecule has 0 bridgehead atoms. The lowest BCUT2D eigenvalue weighted by molar-refractivity contribution is -0.137. The third kappa shape index (κ3) is 3.35. The van der Waals surface area contributed by atoms with Gasteiger partial charge < -0.3 is 9.64 Å². The van der Waals surface area contributed by atoms with E-state index in [1.165, 1.54) is 12.8 Å². The topological polar surface area (TPSA) is 29.5 Å². The minimum atomic E-state index is 0.138. The number of ether oxygens (including phenoxy) is 1. The Morgan fingerprint density at radius 1 is 1.54 bits per heavy atom. The summed E-state index contributed by atoms with van der Waals surface area (Å²) in [7, 11) is 0. The molecule has 0 saturated heterocycles. The quantitative estimate of drug-likeness (QED) is 0.648. The maximum atomic E-state index is 11.6. The molecule has 1 aliphatic carbocycles. The lowest BCUT2D eigenvalue weighted by Gasteiger charge is -2.20. The molecule has 0 unspecified atom stereocenters. The van der Waals surface area contributed by atoms with E-state index in [0.717, 1.165) is 6.54 Å². The van der Waals surface area contributed by atoms with Gasteiger partial charge in [-0.25, -0.2) is 0 Å². The second kappa shape index (κ2) is 4.61. The summed E-state index contributed by atoms with van der Waals surface area (Å²) in [5.74, 6) is 0.138. The van der Waals surface area contributed by atoms with E-state index in [1.54, 1.807) is 0 Å². The molecule has 0 aliphatic heterocycles. The fraction of sp³-hybridized carbons (Fsp3) is 0.900. The van der Waals surface area contributed by atoms with Crippen LogP contribution in [0.4, 0.5) is 0 Å². The SMILES string of the molecule is CCN(C(=O)COC(C)C)C1CC1. The molecule has 0 N–H and O–H groups in total. The molecular formula is C10H19NO2. The zero-order valence-corrected chi connectivity index (χ0v) is 8.75. The number of hydrogen-bond donors (Lipinski definition) is 0. The Morgan fingerprint density at radius 2 is 2.15 bits per heavy atom. The van der Waals surface area contributed by atoms with Gasteiger partial charge >= 0.3 is 0 Å². The predicted molar refractivity (Wildman–Crippen MR) is 51.5 cm³/mol. The van der Waals surface area contributed by atoms with Crippen molar-refractivity contribution in [1.29, 1.82) is 0 Å². The molecule has 0 radical (unpaired) electrons. The zero-order valence-electron chi connectivity index (χ0n) is 8.75. The lowest BCUT2D eigenvalue weighted by Crippen LogP contribution is -2.36. The highest BCUT2D eigenvalue weighted by molar-refractivity contribution is 5.78. The number of nitrogens with zero attached hydrogens (tertiary/aromatic N) is 1. The molecule has 0 aromatic rings. The first-order valence-electron chi connectivity index (χ1n) is 5.06. The van der Waals surface area contributed by atoms with Crippen LogP contribution in [0.25, 0.3) is 0 Å². The van der Waals surface area contributed by atoms with E-state index in [9.17, 15) is 4.79 Å². The molecule has 1 aliphatic rings. The minimum Gasteiger partial charge on any atom is -0.369 e. The Bertz CT molecular complexity index is 176. The van der Waals surface area contributed by atoms with Crippen LogP contribution in [0.15, 0.2) is 0 Å². The molecule has 1 amide bonds. The molecule has 0 aromatic carbocycles. The van der Waals surface area contributed by atoms with Crippen molar-refractivity contribution in [2.24, 2.45) is 0 Å². The van der Waals surface area contributed by atoms with Gasteiger partial charge in [0.2, 0.25) is 5.91 Å². The van der Waals surface area contributed by atoms with Gasteiger partial charge in [0.05, 0.1) is 6.10 Å². The average Bonchev–Trinajstić information content (AvgIpc) is 2.86. The molecule has 3 nitrogen and oxygen atoms in total. The van der Waals surface area contributed by atoms with Crippen LogP contribution in [0.2, 0.25) is 0 Å². The number of rotatable bonds is 5. The summed E-state index contributed by atoms with van der Waals surface area (Å²) in [5.41, 5.74) is 0. The van der Waals surface area contributed by atoms with Crippen LogP contribution < -0.4 is 0 Å². The van der Waals surface area contributed by atoms with Gasteiger partial charge in [0.25, 0.3) is 0 Å². The largest absolute Gasteiger partial charge is 0.369 e. The normalized spacial score (nSPS) is 16.3. The number of hydrogen-bond acceptors (Lipinski definition) is 2. The molecule has 0 atom stereocenters. The van der Waals surface area contributed by atoms with E-state index in [0.29, 0.717) is 6.04 Å². The Hall–Kier alpha value is -0.570. The smallest absolute Gasteiger partial charge is 0.248 e. The average molecular weight is 185 g/mol. The van der Waals surface area contributed by atoms with Crippen LogP contribution in [0.1, 0.15) is 33.6 Å². The highest BCUT2D eigenvalue weighted by atomic mass is 16.5. The van der Waals surface area contributed by atoms with Crippen LogP contribution in [-0.2, 0) is 9.53 Å². The third-order valence-corrected chi connectivity index (χ3v) is 2.19. The standard InChI is InChI=1S/C10H19NO2/c1-4-11(9-5-6-9)10(12)7-13-8(2)3/h8-9H,4-7H2,1-3H3. The van der Waals surface area contributed by atoms with Crippen molar-refractivity contribution >= 4 is 5.91 Å². The van der Waals surface area contributed by atoms with Gasteiger partial charge in [0.1, 0.15) is 6.61 Å². The molecule has 3 heteroatoms. The monoisotopic (exact) mass is 185 g/mol. The predicted octanol–water partition coefficient (Wildman–Crippen LogP) is 1.42. The van der Waals surface area contributed by atoms with Gasteiger partial charge in [-0.15, -0.1) is 0 Å². The molecule has 1 saturated carbocycles. The number of amides is 1. The number of carbonyl (C=O) groups excluding carboxylic acids is 1. The summed E-state index contributed by atoms with van der Waals surface area (Å²) < 4.78 is 5.27.